The minimum atomic E-state index is -1.18. The lowest BCUT2D eigenvalue weighted by Gasteiger charge is -2.16. The third-order valence-electron chi connectivity index (χ3n) is 3.42. The van der Waals surface area contributed by atoms with Gasteiger partial charge in [-0.1, -0.05) is 0 Å². The lowest BCUT2D eigenvalue weighted by Crippen LogP contribution is -2.46. The van der Waals surface area contributed by atoms with E-state index in [2.05, 4.69) is 15.5 Å². The molecule has 5 N–H and O–H groups in total. The number of likely N-dealkylation sites (tertiary alicyclic amines) is 1. The first kappa shape index (κ1) is 17.2. The number of carbonyl (C=O) groups excluding carboxylic acids is 2. The molecule has 0 spiro atoms. The highest BCUT2D eigenvalue weighted by Gasteiger charge is 2.20. The number of hydrogen-bond donors (Lipinski definition) is 4. The van der Waals surface area contributed by atoms with Gasteiger partial charge in [0.2, 0.25) is 5.91 Å². The van der Waals surface area contributed by atoms with Crippen LogP contribution in [-0.4, -0.2) is 60.1 Å². The van der Waals surface area contributed by atoms with Crippen molar-refractivity contribution in [1.29, 1.82) is 0 Å². The third kappa shape index (κ3) is 7.50. The summed E-state index contributed by atoms with van der Waals surface area (Å²) in [6, 6.07) is -1.63. The molecule has 8 nitrogen and oxygen atoms in total. The number of aliphatic carboxylic acids is 1. The highest BCUT2D eigenvalue weighted by Crippen LogP contribution is 2.06. The van der Waals surface area contributed by atoms with Crippen molar-refractivity contribution in [3.05, 3.63) is 0 Å². The molecular weight excluding hydrogens is 276 g/mol. The van der Waals surface area contributed by atoms with Crippen LogP contribution in [-0.2, 0) is 9.59 Å². The van der Waals surface area contributed by atoms with Gasteiger partial charge in [-0.05, 0) is 45.3 Å². The van der Waals surface area contributed by atoms with Crippen molar-refractivity contribution < 1.29 is 19.5 Å². The molecule has 1 heterocycles. The average molecular weight is 300 g/mol. The van der Waals surface area contributed by atoms with Crippen LogP contribution < -0.4 is 16.4 Å². The van der Waals surface area contributed by atoms with Crippen molar-refractivity contribution in [2.45, 2.75) is 38.1 Å². The number of rotatable bonds is 9. The van der Waals surface area contributed by atoms with E-state index in [0.717, 1.165) is 26.1 Å². The van der Waals surface area contributed by atoms with E-state index >= 15 is 0 Å². The van der Waals surface area contributed by atoms with Gasteiger partial charge < -0.3 is 26.4 Å². The Labute approximate surface area is 124 Å². The second kappa shape index (κ2) is 9.17. The maximum absolute atomic E-state index is 11.6. The van der Waals surface area contributed by atoms with Gasteiger partial charge in [0.1, 0.15) is 6.04 Å². The summed E-state index contributed by atoms with van der Waals surface area (Å²) < 4.78 is 0. The van der Waals surface area contributed by atoms with Gasteiger partial charge in [-0.15, -0.1) is 0 Å². The van der Waals surface area contributed by atoms with Crippen LogP contribution in [0, 0.1) is 0 Å². The minimum Gasteiger partial charge on any atom is -0.480 e. The Morgan fingerprint density at radius 2 is 1.90 bits per heavy atom. The van der Waals surface area contributed by atoms with E-state index in [4.69, 9.17) is 10.8 Å². The normalized spacial score (nSPS) is 16.4. The van der Waals surface area contributed by atoms with Gasteiger partial charge in [0.05, 0.1) is 0 Å². The topological polar surface area (TPSA) is 125 Å². The molecule has 120 valence electrons. The van der Waals surface area contributed by atoms with Gasteiger partial charge in [-0.25, -0.2) is 9.59 Å². The predicted octanol–water partition coefficient (Wildman–Crippen LogP) is -0.510. The molecule has 1 aliphatic heterocycles. The molecule has 3 amide bonds. The summed E-state index contributed by atoms with van der Waals surface area (Å²) in [6.07, 6.45) is 3.20. The zero-order chi connectivity index (χ0) is 15.7. The van der Waals surface area contributed by atoms with Gasteiger partial charge in [-0.3, -0.25) is 4.79 Å². The van der Waals surface area contributed by atoms with Crippen LogP contribution in [0.25, 0.3) is 0 Å². The SMILES string of the molecule is NC(=O)CC[C@@H](NC(=O)NCCCN1CCCC1)C(=O)O. The zero-order valence-electron chi connectivity index (χ0n) is 12.1. The number of primary amides is 1. The van der Waals surface area contributed by atoms with Crippen LogP contribution in [0.4, 0.5) is 4.79 Å². The smallest absolute Gasteiger partial charge is 0.326 e. The van der Waals surface area contributed by atoms with Crippen LogP contribution in [0.2, 0.25) is 0 Å². The fourth-order valence-corrected chi connectivity index (χ4v) is 2.26. The van der Waals surface area contributed by atoms with E-state index in [0.29, 0.717) is 6.54 Å². The first-order chi connectivity index (χ1) is 9.99. The summed E-state index contributed by atoms with van der Waals surface area (Å²) in [4.78, 5) is 35.5. The van der Waals surface area contributed by atoms with Gasteiger partial charge >= 0.3 is 12.0 Å². The summed E-state index contributed by atoms with van der Waals surface area (Å²) in [6.45, 7) is 3.65. The molecule has 1 rings (SSSR count). The number of amides is 3. The van der Waals surface area contributed by atoms with Crippen LogP contribution in [0.5, 0.6) is 0 Å². The Morgan fingerprint density at radius 3 is 2.48 bits per heavy atom. The number of nitrogens with zero attached hydrogens (tertiary/aromatic N) is 1. The largest absolute Gasteiger partial charge is 0.480 e. The summed E-state index contributed by atoms with van der Waals surface area (Å²) in [7, 11) is 0. The van der Waals surface area contributed by atoms with Crippen LogP contribution in [0.15, 0.2) is 0 Å². The standard InChI is InChI=1S/C13H24N4O4/c14-11(18)5-4-10(12(19)20)16-13(21)15-6-3-9-17-7-1-2-8-17/h10H,1-9H2,(H2,14,18)(H,19,20)(H2,15,16,21)/t10-/m1/s1. The van der Waals surface area contributed by atoms with E-state index < -0.39 is 23.9 Å². The number of hydrogen-bond acceptors (Lipinski definition) is 4. The van der Waals surface area contributed by atoms with Crippen molar-refractivity contribution in [2.75, 3.05) is 26.2 Å². The molecule has 0 radical (unpaired) electrons. The van der Waals surface area contributed by atoms with E-state index in [1.165, 1.54) is 12.8 Å². The maximum Gasteiger partial charge on any atom is 0.326 e. The Morgan fingerprint density at radius 1 is 1.24 bits per heavy atom. The van der Waals surface area contributed by atoms with Gasteiger partial charge in [0.15, 0.2) is 0 Å². The first-order valence-corrected chi connectivity index (χ1v) is 7.27. The molecule has 1 fully saturated rings. The molecule has 0 saturated carbocycles. The lowest BCUT2D eigenvalue weighted by molar-refractivity contribution is -0.139. The quantitative estimate of drug-likeness (QED) is 0.427. The van der Waals surface area contributed by atoms with Crippen molar-refractivity contribution in [3.63, 3.8) is 0 Å². The van der Waals surface area contributed by atoms with E-state index in [9.17, 15) is 14.4 Å². The van der Waals surface area contributed by atoms with Crippen molar-refractivity contribution in [2.24, 2.45) is 5.73 Å². The Balaban J connectivity index is 2.16. The molecule has 0 unspecified atom stereocenters. The maximum atomic E-state index is 11.6. The predicted molar refractivity (Wildman–Crippen MR) is 76.7 cm³/mol. The second-order valence-corrected chi connectivity index (χ2v) is 5.20. The number of urea groups is 1. The summed E-state index contributed by atoms with van der Waals surface area (Å²) in [5, 5.41) is 13.9. The Hall–Kier alpha value is -1.83. The average Bonchev–Trinajstić information content (AvgIpc) is 2.92. The summed E-state index contributed by atoms with van der Waals surface area (Å²) >= 11 is 0. The van der Waals surface area contributed by atoms with E-state index in [1.807, 2.05) is 0 Å². The molecule has 8 heteroatoms. The minimum absolute atomic E-state index is 0.00807. The molecule has 0 aromatic carbocycles. The molecule has 1 atom stereocenters. The van der Waals surface area contributed by atoms with E-state index in [-0.39, 0.29) is 12.8 Å². The monoisotopic (exact) mass is 300 g/mol. The lowest BCUT2D eigenvalue weighted by atomic mass is 10.1. The molecule has 21 heavy (non-hydrogen) atoms. The molecular formula is C13H24N4O4. The molecule has 0 aromatic heterocycles. The molecule has 1 saturated heterocycles. The molecule has 1 aliphatic rings. The van der Waals surface area contributed by atoms with Gasteiger partial charge in [-0.2, -0.15) is 0 Å². The summed E-state index contributed by atoms with van der Waals surface area (Å²) in [5.74, 6) is -1.77. The molecule has 0 aromatic rings. The highest BCUT2D eigenvalue weighted by atomic mass is 16.4. The molecule has 0 bridgehead atoms. The van der Waals surface area contributed by atoms with Gasteiger partial charge in [0.25, 0.3) is 0 Å². The fourth-order valence-electron chi connectivity index (χ4n) is 2.26. The number of carbonyl (C=O) groups is 3. The highest BCUT2D eigenvalue weighted by molar-refractivity contribution is 5.83. The number of carboxylic acids is 1. The van der Waals surface area contributed by atoms with Crippen molar-refractivity contribution in [3.8, 4) is 0 Å². The number of carboxylic acid groups (broad SMARTS) is 1. The first-order valence-electron chi connectivity index (χ1n) is 7.27. The second-order valence-electron chi connectivity index (χ2n) is 5.20. The Bertz CT molecular complexity index is 369. The zero-order valence-corrected chi connectivity index (χ0v) is 12.1. The number of nitrogens with two attached hydrogens (primary N) is 1. The van der Waals surface area contributed by atoms with E-state index in [1.54, 1.807) is 0 Å². The van der Waals surface area contributed by atoms with Crippen molar-refractivity contribution >= 4 is 17.9 Å². The van der Waals surface area contributed by atoms with Crippen LogP contribution in [0.1, 0.15) is 32.1 Å². The van der Waals surface area contributed by atoms with Gasteiger partial charge in [0, 0.05) is 13.0 Å². The van der Waals surface area contributed by atoms with Crippen LogP contribution in [0.3, 0.4) is 0 Å². The number of nitrogens with one attached hydrogen (secondary N) is 2. The molecule has 0 aliphatic carbocycles. The third-order valence-corrected chi connectivity index (χ3v) is 3.42. The Kier molecular flexibility index (Phi) is 7.52. The van der Waals surface area contributed by atoms with Crippen LogP contribution >= 0.6 is 0 Å². The fraction of sp³-hybridized carbons (Fsp3) is 0.769. The van der Waals surface area contributed by atoms with Crippen molar-refractivity contribution in [1.82, 2.24) is 15.5 Å². The summed E-state index contributed by atoms with van der Waals surface area (Å²) in [5.41, 5.74) is 4.96.